The molecular weight excluding hydrogens is 352 g/mol. The number of hydrogen-bond donors (Lipinski definition) is 0. The highest BCUT2D eigenvalue weighted by molar-refractivity contribution is 5.79. The van der Waals surface area contributed by atoms with Crippen molar-refractivity contribution >= 4 is 16.9 Å². The molecule has 6 heteroatoms. The number of carbonyl (C=O) groups is 1. The number of aromatic nitrogens is 2. The highest BCUT2D eigenvalue weighted by Crippen LogP contribution is 2.28. The molecule has 0 aliphatic carbocycles. The van der Waals surface area contributed by atoms with Gasteiger partial charge in [-0.25, -0.2) is 4.79 Å². The number of para-hydroxylation sites is 2. The van der Waals surface area contributed by atoms with Crippen molar-refractivity contribution in [3.63, 3.8) is 0 Å². The smallest absolute Gasteiger partial charge is 0.329 e. The molecule has 0 unspecified atom stereocenters. The summed E-state index contributed by atoms with van der Waals surface area (Å²) < 4.78 is 3.87. The summed E-state index contributed by atoms with van der Waals surface area (Å²) in [5.41, 5.74) is 2.10. The first-order chi connectivity index (χ1) is 13.5. The summed E-state index contributed by atoms with van der Waals surface area (Å²) in [6.07, 6.45) is 3.64. The van der Waals surface area contributed by atoms with Crippen LogP contribution in [-0.4, -0.2) is 58.1 Å². The number of carbonyl (C=O) groups excluding carboxylic acids is 1. The molecule has 0 N–H and O–H groups in total. The maximum absolute atomic E-state index is 13.2. The average molecular weight is 385 g/mol. The summed E-state index contributed by atoms with van der Waals surface area (Å²) in [4.78, 5) is 30.4. The molecule has 4 rings (SSSR count). The Labute approximate surface area is 166 Å². The van der Waals surface area contributed by atoms with Crippen LogP contribution in [0.4, 0.5) is 0 Å². The van der Waals surface area contributed by atoms with Crippen LogP contribution >= 0.6 is 0 Å². The molecule has 2 fully saturated rings. The van der Waals surface area contributed by atoms with E-state index in [1.807, 2.05) is 38.3 Å². The molecule has 0 radical (unpaired) electrons. The maximum Gasteiger partial charge on any atom is 0.329 e. The number of likely N-dealkylation sites (tertiary alicyclic amines) is 2. The van der Waals surface area contributed by atoms with Crippen LogP contribution in [0.1, 0.15) is 51.6 Å². The zero-order valence-corrected chi connectivity index (χ0v) is 17.3. The molecule has 1 aromatic heterocycles. The lowest BCUT2D eigenvalue weighted by molar-refractivity contribution is -0.138. The van der Waals surface area contributed by atoms with Crippen molar-refractivity contribution in [2.45, 2.75) is 51.6 Å². The minimum absolute atomic E-state index is 0.0799. The highest BCUT2D eigenvalue weighted by Gasteiger charge is 2.32. The molecule has 1 aromatic carbocycles. The fraction of sp³-hybridized carbons (Fsp3) is 0.636. The molecule has 2 aliphatic rings. The van der Waals surface area contributed by atoms with Gasteiger partial charge in [0.2, 0.25) is 5.91 Å². The van der Waals surface area contributed by atoms with Gasteiger partial charge in [0.05, 0.1) is 11.0 Å². The van der Waals surface area contributed by atoms with Crippen molar-refractivity contribution in [1.82, 2.24) is 18.9 Å². The molecule has 0 bridgehead atoms. The lowest BCUT2D eigenvalue weighted by Crippen LogP contribution is -2.45. The van der Waals surface area contributed by atoms with E-state index in [1.54, 1.807) is 0 Å². The van der Waals surface area contributed by atoms with Crippen LogP contribution in [0.25, 0.3) is 11.0 Å². The van der Waals surface area contributed by atoms with Gasteiger partial charge in [0.15, 0.2) is 0 Å². The molecule has 2 saturated heterocycles. The lowest BCUT2D eigenvalue weighted by Gasteiger charge is -2.36. The lowest BCUT2D eigenvalue weighted by atomic mass is 9.94. The number of piperidine rings is 2. The van der Waals surface area contributed by atoms with Gasteiger partial charge in [0.25, 0.3) is 0 Å². The number of imidazole rings is 1. The number of amides is 1. The van der Waals surface area contributed by atoms with Crippen LogP contribution in [0, 0.1) is 5.92 Å². The van der Waals surface area contributed by atoms with Crippen molar-refractivity contribution in [2.24, 2.45) is 5.92 Å². The van der Waals surface area contributed by atoms with Crippen LogP contribution in [0.2, 0.25) is 0 Å². The van der Waals surface area contributed by atoms with Crippen LogP contribution in [0.3, 0.4) is 0 Å². The topological polar surface area (TPSA) is 50.5 Å². The quantitative estimate of drug-likeness (QED) is 0.818. The summed E-state index contributed by atoms with van der Waals surface area (Å²) in [6.45, 7) is 7.64. The Hall–Kier alpha value is -2.08. The maximum atomic E-state index is 13.2. The Bertz CT molecular complexity index is 897. The number of nitrogens with zero attached hydrogens (tertiary/aromatic N) is 4. The summed E-state index contributed by atoms with van der Waals surface area (Å²) in [7, 11) is 2.12. The minimum Gasteiger partial charge on any atom is -0.342 e. The highest BCUT2D eigenvalue weighted by atomic mass is 16.2. The van der Waals surface area contributed by atoms with E-state index in [4.69, 9.17) is 0 Å². The molecule has 28 heavy (non-hydrogen) atoms. The molecular formula is C22H32N4O2. The first-order valence-corrected chi connectivity index (χ1v) is 10.7. The van der Waals surface area contributed by atoms with Crippen molar-refractivity contribution in [3.8, 4) is 0 Å². The van der Waals surface area contributed by atoms with Gasteiger partial charge in [-0.1, -0.05) is 12.1 Å². The van der Waals surface area contributed by atoms with E-state index in [-0.39, 0.29) is 23.7 Å². The van der Waals surface area contributed by atoms with Crippen LogP contribution in [0.15, 0.2) is 29.1 Å². The molecule has 0 spiro atoms. The Morgan fingerprint density at radius 1 is 0.964 bits per heavy atom. The van der Waals surface area contributed by atoms with Crippen LogP contribution in [0.5, 0.6) is 0 Å². The van der Waals surface area contributed by atoms with Crippen LogP contribution < -0.4 is 5.69 Å². The third-order valence-corrected chi connectivity index (χ3v) is 6.54. The predicted molar refractivity (Wildman–Crippen MR) is 112 cm³/mol. The zero-order valence-electron chi connectivity index (χ0n) is 17.3. The van der Waals surface area contributed by atoms with Gasteiger partial charge in [0.1, 0.15) is 0 Å². The largest absolute Gasteiger partial charge is 0.342 e. The first-order valence-electron chi connectivity index (χ1n) is 10.7. The number of rotatable bonds is 3. The molecule has 152 valence electrons. The second-order valence-corrected chi connectivity index (χ2v) is 8.74. The predicted octanol–water partition coefficient (Wildman–Crippen LogP) is 2.89. The molecule has 2 aromatic rings. The fourth-order valence-corrected chi connectivity index (χ4v) is 4.90. The second-order valence-electron chi connectivity index (χ2n) is 8.74. The van der Waals surface area contributed by atoms with Crippen LogP contribution in [-0.2, 0) is 4.79 Å². The van der Waals surface area contributed by atoms with Gasteiger partial charge in [0, 0.05) is 31.1 Å². The normalized spacial score (nSPS) is 20.4. The van der Waals surface area contributed by atoms with E-state index < -0.39 is 0 Å². The van der Waals surface area contributed by atoms with Gasteiger partial charge >= 0.3 is 5.69 Å². The third kappa shape index (κ3) is 3.39. The van der Waals surface area contributed by atoms with E-state index in [0.29, 0.717) is 5.91 Å². The fourth-order valence-electron chi connectivity index (χ4n) is 4.90. The summed E-state index contributed by atoms with van der Waals surface area (Å²) in [6, 6.07) is 8.37. The average Bonchev–Trinajstić information content (AvgIpc) is 3.00. The Balaban J connectivity index is 1.51. The minimum atomic E-state index is 0.0799. The Morgan fingerprint density at radius 3 is 2.18 bits per heavy atom. The molecule has 2 aliphatic heterocycles. The zero-order chi connectivity index (χ0) is 19.8. The number of hydrogen-bond acceptors (Lipinski definition) is 3. The molecule has 0 saturated carbocycles. The first kappa shape index (κ1) is 19.2. The standard InChI is InChI=1S/C22H32N4O2/c1-16(2)25-19-6-4-5-7-20(19)26(22(25)28)18-10-14-24(15-11-18)21(27)17-8-12-23(3)13-9-17/h4-7,16-18H,8-15H2,1-3H3. The molecule has 1 amide bonds. The van der Waals surface area contributed by atoms with E-state index in [2.05, 4.69) is 25.8 Å². The Morgan fingerprint density at radius 2 is 1.57 bits per heavy atom. The second kappa shape index (κ2) is 7.74. The number of fused-ring (bicyclic) bond motifs is 1. The number of benzene rings is 1. The molecule has 6 nitrogen and oxygen atoms in total. The van der Waals surface area contributed by atoms with Gasteiger partial charge < -0.3 is 9.80 Å². The van der Waals surface area contributed by atoms with E-state index in [1.165, 1.54) is 0 Å². The molecule has 0 atom stereocenters. The van der Waals surface area contributed by atoms with Crippen molar-refractivity contribution < 1.29 is 4.79 Å². The SMILES string of the molecule is CC(C)n1c(=O)n(C2CCN(C(=O)C3CCN(C)CC3)CC2)c2ccccc21. The third-order valence-electron chi connectivity index (χ3n) is 6.54. The Kier molecular flexibility index (Phi) is 5.32. The molecule has 3 heterocycles. The van der Waals surface area contributed by atoms with E-state index in [9.17, 15) is 9.59 Å². The van der Waals surface area contributed by atoms with Crippen molar-refractivity contribution in [1.29, 1.82) is 0 Å². The van der Waals surface area contributed by atoms with Gasteiger partial charge in [-0.2, -0.15) is 0 Å². The van der Waals surface area contributed by atoms with E-state index in [0.717, 1.165) is 62.9 Å². The van der Waals surface area contributed by atoms with Gasteiger partial charge in [-0.05, 0) is 71.8 Å². The van der Waals surface area contributed by atoms with Gasteiger partial charge in [-0.3, -0.25) is 13.9 Å². The summed E-state index contributed by atoms with van der Waals surface area (Å²) in [5, 5.41) is 0. The summed E-state index contributed by atoms with van der Waals surface area (Å²) in [5.74, 6) is 0.502. The van der Waals surface area contributed by atoms with Crippen molar-refractivity contribution in [2.75, 3.05) is 33.2 Å². The van der Waals surface area contributed by atoms with Crippen molar-refractivity contribution in [3.05, 3.63) is 34.7 Å². The summed E-state index contributed by atoms with van der Waals surface area (Å²) >= 11 is 0. The van der Waals surface area contributed by atoms with Gasteiger partial charge in [-0.15, -0.1) is 0 Å². The monoisotopic (exact) mass is 384 g/mol. The van der Waals surface area contributed by atoms with E-state index >= 15 is 0 Å².